The molecule has 1 atom stereocenters. The van der Waals surface area contributed by atoms with Gasteiger partial charge in [0.05, 0.1) is 18.6 Å². The lowest BCUT2D eigenvalue weighted by atomic mass is 10.2. The predicted octanol–water partition coefficient (Wildman–Crippen LogP) is 2.64. The van der Waals surface area contributed by atoms with Crippen molar-refractivity contribution in [3.8, 4) is 11.5 Å². The van der Waals surface area contributed by atoms with Crippen molar-refractivity contribution in [1.82, 2.24) is 0 Å². The first-order valence-electron chi connectivity index (χ1n) is 8.65. The molecule has 1 heterocycles. The van der Waals surface area contributed by atoms with E-state index in [9.17, 15) is 13.2 Å². The second kappa shape index (κ2) is 7.87. The second-order valence-corrected chi connectivity index (χ2v) is 8.05. The van der Waals surface area contributed by atoms with E-state index in [1.807, 2.05) is 13.0 Å². The van der Waals surface area contributed by atoms with E-state index in [1.54, 1.807) is 42.5 Å². The van der Waals surface area contributed by atoms with E-state index in [0.717, 1.165) is 6.26 Å². The zero-order chi connectivity index (χ0) is 19.4. The van der Waals surface area contributed by atoms with Gasteiger partial charge in [-0.25, -0.2) is 8.42 Å². The molecule has 0 aromatic heterocycles. The van der Waals surface area contributed by atoms with E-state index >= 15 is 0 Å². The highest BCUT2D eigenvalue weighted by atomic mass is 32.2. The van der Waals surface area contributed by atoms with Gasteiger partial charge in [-0.2, -0.15) is 0 Å². The first kappa shape index (κ1) is 19.0. The van der Waals surface area contributed by atoms with Crippen LogP contribution >= 0.6 is 0 Å². The number of carbonyl (C=O) groups excluding carboxylic acids is 1. The Hall–Kier alpha value is -2.74. The van der Waals surface area contributed by atoms with E-state index in [0.29, 0.717) is 29.5 Å². The van der Waals surface area contributed by atoms with Crippen LogP contribution in [0.5, 0.6) is 11.5 Å². The Bertz CT molecular complexity index is 929. The summed E-state index contributed by atoms with van der Waals surface area (Å²) >= 11 is 0. The molecule has 7 nitrogen and oxygen atoms in total. The molecule has 1 amide bonds. The van der Waals surface area contributed by atoms with Crippen LogP contribution in [-0.2, 0) is 14.8 Å². The fraction of sp³-hybridized carbons (Fsp3) is 0.316. The minimum absolute atomic E-state index is 0.160. The summed E-state index contributed by atoms with van der Waals surface area (Å²) in [5.41, 5.74) is 1.03. The highest BCUT2D eigenvalue weighted by Crippen LogP contribution is 2.34. The van der Waals surface area contributed by atoms with E-state index in [-0.39, 0.29) is 18.9 Å². The third-order valence-electron chi connectivity index (χ3n) is 4.10. The number of fused-ring (bicyclic) bond motifs is 1. The van der Waals surface area contributed by atoms with Gasteiger partial charge in [0.25, 0.3) is 5.91 Å². The molecule has 0 saturated carbocycles. The average molecular weight is 390 g/mol. The summed E-state index contributed by atoms with van der Waals surface area (Å²) < 4.78 is 36.8. The number of benzene rings is 2. The summed E-state index contributed by atoms with van der Waals surface area (Å²) in [7, 11) is -3.48. The zero-order valence-corrected chi connectivity index (χ0v) is 16.0. The quantitative estimate of drug-likeness (QED) is 0.848. The number of sulfonamides is 1. The standard InChI is InChI=1S/C19H22N2O5S/c1-3-25-15-8-6-7-14(13-15)20-19(22)18-11-12-21(27(2,23)24)16-9-4-5-10-17(16)26-18/h4-10,13,18H,3,11-12H2,1-2H3,(H,20,22)/t18-/m0/s1. The van der Waals surface area contributed by atoms with Crippen molar-refractivity contribution >= 4 is 27.3 Å². The zero-order valence-electron chi connectivity index (χ0n) is 15.2. The first-order chi connectivity index (χ1) is 12.9. The lowest BCUT2D eigenvalue weighted by molar-refractivity contribution is -0.122. The molecule has 0 unspecified atom stereocenters. The van der Waals surface area contributed by atoms with Crippen LogP contribution in [0.2, 0.25) is 0 Å². The SMILES string of the molecule is CCOc1cccc(NC(=O)[C@@H]2CCN(S(C)(=O)=O)c3ccccc3O2)c1. The predicted molar refractivity (Wildman–Crippen MR) is 104 cm³/mol. The second-order valence-electron chi connectivity index (χ2n) is 6.15. The van der Waals surface area contributed by atoms with Crippen LogP contribution < -0.4 is 19.1 Å². The number of nitrogens with zero attached hydrogens (tertiary/aromatic N) is 1. The smallest absolute Gasteiger partial charge is 0.265 e. The van der Waals surface area contributed by atoms with Crippen LogP contribution in [0.25, 0.3) is 0 Å². The Morgan fingerprint density at radius 1 is 1.26 bits per heavy atom. The van der Waals surface area contributed by atoms with Crippen molar-refractivity contribution < 1.29 is 22.7 Å². The summed E-state index contributed by atoms with van der Waals surface area (Å²) in [6, 6.07) is 13.9. The number of carbonyl (C=O) groups is 1. The number of amides is 1. The maximum absolute atomic E-state index is 12.7. The lowest BCUT2D eigenvalue weighted by Crippen LogP contribution is -2.35. The van der Waals surface area contributed by atoms with Crippen molar-refractivity contribution in [2.75, 3.05) is 29.0 Å². The van der Waals surface area contributed by atoms with Crippen LogP contribution in [-0.4, -0.2) is 39.8 Å². The van der Waals surface area contributed by atoms with Crippen molar-refractivity contribution in [2.45, 2.75) is 19.4 Å². The molecule has 1 N–H and O–H groups in total. The molecule has 2 aromatic carbocycles. The van der Waals surface area contributed by atoms with Gasteiger partial charge < -0.3 is 14.8 Å². The Balaban J connectivity index is 1.80. The Labute approximate surface area is 158 Å². The van der Waals surface area contributed by atoms with Gasteiger partial charge in [0.1, 0.15) is 11.5 Å². The molecule has 8 heteroatoms. The molecule has 0 aliphatic carbocycles. The van der Waals surface area contributed by atoms with Gasteiger partial charge in [0, 0.05) is 24.7 Å². The monoisotopic (exact) mass is 390 g/mol. The third kappa shape index (κ3) is 4.51. The molecule has 0 radical (unpaired) electrons. The first-order valence-corrected chi connectivity index (χ1v) is 10.5. The Kier molecular flexibility index (Phi) is 5.55. The van der Waals surface area contributed by atoms with Crippen LogP contribution in [0.1, 0.15) is 13.3 Å². The number of hydrogen-bond acceptors (Lipinski definition) is 5. The van der Waals surface area contributed by atoms with Crippen LogP contribution in [0.15, 0.2) is 48.5 Å². The average Bonchev–Trinajstić information content (AvgIpc) is 2.82. The van der Waals surface area contributed by atoms with Gasteiger partial charge in [0.2, 0.25) is 10.0 Å². The van der Waals surface area contributed by atoms with Crippen molar-refractivity contribution in [3.63, 3.8) is 0 Å². The Morgan fingerprint density at radius 2 is 2.04 bits per heavy atom. The van der Waals surface area contributed by atoms with Crippen molar-refractivity contribution in [2.24, 2.45) is 0 Å². The van der Waals surface area contributed by atoms with Gasteiger partial charge in [-0.15, -0.1) is 0 Å². The summed E-state index contributed by atoms with van der Waals surface area (Å²) in [4.78, 5) is 12.7. The van der Waals surface area contributed by atoms with Crippen LogP contribution in [0, 0.1) is 0 Å². The molecule has 0 bridgehead atoms. The molecular weight excluding hydrogens is 368 g/mol. The molecule has 2 aromatic rings. The van der Waals surface area contributed by atoms with Crippen molar-refractivity contribution in [1.29, 1.82) is 0 Å². The van der Waals surface area contributed by atoms with Crippen LogP contribution in [0.4, 0.5) is 11.4 Å². The molecular formula is C19H22N2O5S. The fourth-order valence-electron chi connectivity index (χ4n) is 2.91. The number of anilines is 2. The maximum atomic E-state index is 12.7. The van der Waals surface area contributed by atoms with Gasteiger partial charge in [-0.3, -0.25) is 9.10 Å². The summed E-state index contributed by atoms with van der Waals surface area (Å²) in [6.45, 7) is 2.57. The van der Waals surface area contributed by atoms with Gasteiger partial charge >= 0.3 is 0 Å². The normalized spacial score (nSPS) is 16.7. The highest BCUT2D eigenvalue weighted by Gasteiger charge is 2.31. The number of nitrogens with one attached hydrogen (secondary N) is 1. The van der Waals surface area contributed by atoms with Gasteiger partial charge in [-0.1, -0.05) is 18.2 Å². The van der Waals surface area contributed by atoms with Crippen molar-refractivity contribution in [3.05, 3.63) is 48.5 Å². The summed E-state index contributed by atoms with van der Waals surface area (Å²) in [5.74, 6) is 0.683. The van der Waals surface area contributed by atoms with E-state index in [2.05, 4.69) is 5.32 Å². The highest BCUT2D eigenvalue weighted by molar-refractivity contribution is 7.92. The number of hydrogen-bond donors (Lipinski definition) is 1. The number of para-hydroxylation sites is 2. The van der Waals surface area contributed by atoms with Gasteiger partial charge in [0.15, 0.2) is 6.10 Å². The molecule has 0 fully saturated rings. The largest absolute Gasteiger partial charge is 0.494 e. The van der Waals surface area contributed by atoms with E-state index in [1.165, 1.54) is 4.31 Å². The number of ether oxygens (including phenoxy) is 2. The fourth-order valence-corrected chi connectivity index (χ4v) is 3.86. The topological polar surface area (TPSA) is 84.9 Å². The maximum Gasteiger partial charge on any atom is 0.265 e. The van der Waals surface area contributed by atoms with E-state index < -0.39 is 16.1 Å². The molecule has 1 aliphatic rings. The minimum Gasteiger partial charge on any atom is -0.494 e. The molecule has 0 spiro atoms. The molecule has 144 valence electrons. The molecule has 3 rings (SSSR count). The van der Waals surface area contributed by atoms with Crippen LogP contribution in [0.3, 0.4) is 0 Å². The molecule has 27 heavy (non-hydrogen) atoms. The van der Waals surface area contributed by atoms with Gasteiger partial charge in [-0.05, 0) is 31.2 Å². The lowest BCUT2D eigenvalue weighted by Gasteiger charge is -2.20. The third-order valence-corrected chi connectivity index (χ3v) is 5.28. The molecule has 0 saturated heterocycles. The minimum atomic E-state index is -3.48. The number of rotatable bonds is 5. The molecule has 1 aliphatic heterocycles. The Morgan fingerprint density at radius 3 is 2.78 bits per heavy atom. The summed E-state index contributed by atoms with van der Waals surface area (Å²) in [6.07, 6.45) is 0.566. The van der Waals surface area contributed by atoms with E-state index in [4.69, 9.17) is 9.47 Å². The summed E-state index contributed by atoms with van der Waals surface area (Å²) in [5, 5.41) is 2.81.